The van der Waals surface area contributed by atoms with E-state index in [2.05, 4.69) is 16.7 Å². The van der Waals surface area contributed by atoms with Gasteiger partial charge in [0.15, 0.2) is 18.9 Å². The normalized spacial score (nSPS) is 9.56. The molecule has 0 fully saturated rings. The third-order valence-corrected chi connectivity index (χ3v) is 2.31. The van der Waals surface area contributed by atoms with Crippen LogP contribution in [0.2, 0.25) is 0 Å². The first kappa shape index (κ1) is 12.9. The predicted molar refractivity (Wildman–Crippen MR) is 58.1 cm³/mol. The van der Waals surface area contributed by atoms with Crippen LogP contribution in [0.25, 0.3) is 0 Å². The SMILES string of the molecule is OCc1ccc[n+](Cc2ccccc2)c1.[Br-]. The van der Waals surface area contributed by atoms with Gasteiger partial charge in [0.2, 0.25) is 0 Å². The Kier molecular flexibility index (Phi) is 5.15. The average molecular weight is 280 g/mol. The van der Waals surface area contributed by atoms with Crippen molar-refractivity contribution in [3.05, 3.63) is 66.0 Å². The largest absolute Gasteiger partial charge is 1.00 e. The van der Waals surface area contributed by atoms with Gasteiger partial charge in [-0.2, -0.15) is 0 Å². The van der Waals surface area contributed by atoms with Crippen molar-refractivity contribution in [1.82, 2.24) is 0 Å². The van der Waals surface area contributed by atoms with E-state index in [-0.39, 0.29) is 23.6 Å². The second-order valence-electron chi connectivity index (χ2n) is 3.53. The van der Waals surface area contributed by atoms with Crippen molar-refractivity contribution in [3.63, 3.8) is 0 Å². The maximum Gasteiger partial charge on any atom is 0.174 e. The van der Waals surface area contributed by atoms with Crippen LogP contribution < -0.4 is 21.5 Å². The number of aliphatic hydroxyl groups excluding tert-OH is 1. The molecule has 84 valence electrons. The molecule has 1 aromatic carbocycles. The fourth-order valence-electron chi connectivity index (χ4n) is 1.56. The van der Waals surface area contributed by atoms with E-state index in [1.54, 1.807) is 0 Å². The fraction of sp³-hybridized carbons (Fsp3) is 0.154. The van der Waals surface area contributed by atoms with Crippen molar-refractivity contribution >= 4 is 0 Å². The lowest BCUT2D eigenvalue weighted by Gasteiger charge is -1.98. The Balaban J connectivity index is 0.00000128. The lowest BCUT2D eigenvalue weighted by molar-refractivity contribution is -0.688. The molecule has 0 saturated heterocycles. The minimum Gasteiger partial charge on any atom is -1.00 e. The standard InChI is InChI=1S/C13H14NO.BrH/c15-11-13-7-4-8-14(10-13)9-12-5-2-1-3-6-12;/h1-8,10,15H,9,11H2;1H/q+1;/p-1. The summed E-state index contributed by atoms with van der Waals surface area (Å²) in [5, 5.41) is 9.01. The van der Waals surface area contributed by atoms with Gasteiger partial charge >= 0.3 is 0 Å². The van der Waals surface area contributed by atoms with Crippen molar-refractivity contribution in [2.75, 3.05) is 0 Å². The summed E-state index contributed by atoms with van der Waals surface area (Å²) in [6, 6.07) is 14.1. The molecule has 0 saturated carbocycles. The van der Waals surface area contributed by atoms with Crippen molar-refractivity contribution in [2.45, 2.75) is 13.2 Å². The molecule has 0 aliphatic rings. The van der Waals surface area contributed by atoms with E-state index in [9.17, 15) is 0 Å². The minimum atomic E-state index is 0. The number of hydrogen-bond acceptors (Lipinski definition) is 1. The second kappa shape index (κ2) is 6.40. The van der Waals surface area contributed by atoms with Crippen LogP contribution in [0.5, 0.6) is 0 Å². The second-order valence-corrected chi connectivity index (χ2v) is 3.53. The van der Waals surface area contributed by atoms with E-state index in [4.69, 9.17) is 5.11 Å². The zero-order chi connectivity index (χ0) is 10.5. The Hall–Kier alpha value is -1.19. The molecule has 2 aromatic rings. The fourth-order valence-corrected chi connectivity index (χ4v) is 1.56. The van der Waals surface area contributed by atoms with Gasteiger partial charge in [-0.3, -0.25) is 0 Å². The van der Waals surface area contributed by atoms with Gasteiger partial charge in [-0.1, -0.05) is 30.3 Å². The lowest BCUT2D eigenvalue weighted by Crippen LogP contribution is -3.00. The van der Waals surface area contributed by atoms with Crippen LogP contribution in [0.4, 0.5) is 0 Å². The number of nitrogens with zero attached hydrogens (tertiary/aromatic N) is 1. The van der Waals surface area contributed by atoms with Crippen LogP contribution in [-0.4, -0.2) is 5.11 Å². The first-order valence-electron chi connectivity index (χ1n) is 5.01. The van der Waals surface area contributed by atoms with Gasteiger partial charge < -0.3 is 22.1 Å². The molecule has 0 unspecified atom stereocenters. The molecule has 0 radical (unpaired) electrons. The average Bonchev–Trinajstić information content (AvgIpc) is 2.31. The molecule has 0 aliphatic heterocycles. The smallest absolute Gasteiger partial charge is 0.174 e. The Morgan fingerprint density at radius 1 is 0.938 bits per heavy atom. The van der Waals surface area contributed by atoms with Crippen molar-refractivity contribution in [1.29, 1.82) is 0 Å². The molecule has 0 spiro atoms. The number of hydrogen-bond donors (Lipinski definition) is 1. The molecule has 0 atom stereocenters. The van der Waals surface area contributed by atoms with Crippen LogP contribution >= 0.6 is 0 Å². The number of rotatable bonds is 3. The van der Waals surface area contributed by atoms with E-state index in [0.717, 1.165) is 12.1 Å². The molecular formula is C13H14BrNO. The molecule has 16 heavy (non-hydrogen) atoms. The van der Waals surface area contributed by atoms with E-state index in [0.29, 0.717) is 0 Å². The summed E-state index contributed by atoms with van der Waals surface area (Å²) in [6.07, 6.45) is 3.97. The minimum absolute atomic E-state index is 0. The summed E-state index contributed by atoms with van der Waals surface area (Å²) in [5.41, 5.74) is 2.20. The third-order valence-electron chi connectivity index (χ3n) is 2.31. The van der Waals surface area contributed by atoms with E-state index in [1.807, 2.05) is 42.7 Å². The summed E-state index contributed by atoms with van der Waals surface area (Å²) in [5.74, 6) is 0. The third kappa shape index (κ3) is 3.43. The summed E-state index contributed by atoms with van der Waals surface area (Å²) in [6.45, 7) is 0.935. The molecule has 1 heterocycles. The zero-order valence-electron chi connectivity index (χ0n) is 8.88. The number of halogens is 1. The number of aromatic nitrogens is 1. The molecule has 2 nitrogen and oxygen atoms in total. The molecule has 3 heteroatoms. The van der Waals surface area contributed by atoms with Gasteiger partial charge in [0.1, 0.15) is 0 Å². The topological polar surface area (TPSA) is 24.1 Å². The quantitative estimate of drug-likeness (QED) is 0.681. The van der Waals surface area contributed by atoms with Gasteiger partial charge in [-0.05, 0) is 6.07 Å². The molecule has 0 amide bonds. The summed E-state index contributed by atoms with van der Waals surface area (Å²) in [4.78, 5) is 0. The van der Waals surface area contributed by atoms with Crippen LogP contribution in [0.3, 0.4) is 0 Å². The Labute approximate surface area is 106 Å². The van der Waals surface area contributed by atoms with E-state index < -0.39 is 0 Å². The molecule has 0 aliphatic carbocycles. The van der Waals surface area contributed by atoms with Gasteiger partial charge in [0.05, 0.1) is 6.61 Å². The molecule has 2 rings (SSSR count). The Morgan fingerprint density at radius 2 is 1.62 bits per heavy atom. The van der Waals surface area contributed by atoms with Gasteiger partial charge in [-0.15, -0.1) is 0 Å². The highest BCUT2D eigenvalue weighted by atomic mass is 79.9. The molecule has 1 aromatic heterocycles. The number of benzene rings is 1. The van der Waals surface area contributed by atoms with Gasteiger partial charge in [-0.25, -0.2) is 4.57 Å². The van der Waals surface area contributed by atoms with Gasteiger partial charge in [0.25, 0.3) is 0 Å². The van der Waals surface area contributed by atoms with Crippen molar-refractivity contribution in [3.8, 4) is 0 Å². The maximum atomic E-state index is 9.01. The van der Waals surface area contributed by atoms with E-state index in [1.165, 1.54) is 5.56 Å². The highest BCUT2D eigenvalue weighted by Crippen LogP contribution is 1.98. The Morgan fingerprint density at radius 3 is 2.31 bits per heavy atom. The zero-order valence-corrected chi connectivity index (χ0v) is 10.5. The van der Waals surface area contributed by atoms with Crippen molar-refractivity contribution < 1.29 is 26.7 Å². The number of aliphatic hydroxyl groups is 1. The van der Waals surface area contributed by atoms with Crippen LogP contribution in [0.15, 0.2) is 54.9 Å². The predicted octanol–water partition coefficient (Wildman–Crippen LogP) is -1.48. The first-order valence-corrected chi connectivity index (χ1v) is 5.01. The summed E-state index contributed by atoms with van der Waals surface area (Å²) in [7, 11) is 0. The van der Waals surface area contributed by atoms with Crippen LogP contribution in [-0.2, 0) is 13.2 Å². The van der Waals surface area contributed by atoms with E-state index >= 15 is 0 Å². The highest BCUT2D eigenvalue weighted by molar-refractivity contribution is 5.13. The molecular weight excluding hydrogens is 266 g/mol. The summed E-state index contributed by atoms with van der Waals surface area (Å²) >= 11 is 0. The first-order chi connectivity index (χ1) is 7.38. The van der Waals surface area contributed by atoms with Crippen LogP contribution in [0, 0.1) is 0 Å². The Bertz CT molecular complexity index is 431. The molecule has 0 bridgehead atoms. The van der Waals surface area contributed by atoms with Gasteiger partial charge in [0, 0.05) is 17.2 Å². The lowest BCUT2D eigenvalue weighted by atomic mass is 10.2. The highest BCUT2D eigenvalue weighted by Gasteiger charge is 2.02. The monoisotopic (exact) mass is 279 g/mol. The van der Waals surface area contributed by atoms with Crippen LogP contribution in [0.1, 0.15) is 11.1 Å². The number of pyridine rings is 1. The molecule has 1 N–H and O–H groups in total. The maximum absolute atomic E-state index is 9.01. The van der Waals surface area contributed by atoms with Crippen molar-refractivity contribution in [2.24, 2.45) is 0 Å². The summed E-state index contributed by atoms with van der Waals surface area (Å²) < 4.78 is 2.07.